The number of ketones is 1. The van der Waals surface area contributed by atoms with Gasteiger partial charge in [-0.2, -0.15) is 0 Å². The van der Waals surface area contributed by atoms with E-state index in [-0.39, 0.29) is 30.3 Å². The molecule has 154 valence electrons. The third-order valence-corrected chi connectivity index (χ3v) is 5.27. The average Bonchev–Trinajstić information content (AvgIpc) is 3.21. The lowest BCUT2D eigenvalue weighted by Gasteiger charge is -2.26. The van der Waals surface area contributed by atoms with Gasteiger partial charge in [-0.15, -0.1) is 0 Å². The number of nitrogens with zero attached hydrogens (tertiary/aromatic N) is 2. The number of hydrogen-bond donors (Lipinski definition) is 0. The maximum Gasteiger partial charge on any atom is 0.223 e. The molecular weight excluding hydrogens is 387 g/mol. The van der Waals surface area contributed by atoms with Crippen LogP contribution in [0.3, 0.4) is 0 Å². The number of Topliss-reactive ketones (excluding diaryl/α,β-unsaturated/α-hetero) is 1. The van der Waals surface area contributed by atoms with Gasteiger partial charge in [0.15, 0.2) is 11.5 Å². The van der Waals surface area contributed by atoms with Crippen LogP contribution in [0.15, 0.2) is 53.1 Å². The predicted molar refractivity (Wildman–Crippen MR) is 108 cm³/mol. The maximum atomic E-state index is 13.2. The molecule has 0 saturated heterocycles. The highest BCUT2D eigenvalue weighted by Gasteiger charge is 2.27. The second kappa shape index (κ2) is 8.49. The zero-order valence-corrected chi connectivity index (χ0v) is 16.6. The van der Waals surface area contributed by atoms with Gasteiger partial charge >= 0.3 is 0 Å². The van der Waals surface area contributed by atoms with Gasteiger partial charge in [0.1, 0.15) is 17.3 Å². The van der Waals surface area contributed by atoms with Crippen LogP contribution in [-0.2, 0) is 17.8 Å². The third-order valence-electron chi connectivity index (χ3n) is 5.27. The normalized spacial score (nSPS) is 13.1. The second-order valence-corrected chi connectivity index (χ2v) is 7.13. The van der Waals surface area contributed by atoms with Gasteiger partial charge in [0, 0.05) is 30.5 Å². The first-order chi connectivity index (χ1) is 14.6. The number of ether oxygens (including phenoxy) is 1. The van der Waals surface area contributed by atoms with Crippen molar-refractivity contribution in [2.45, 2.75) is 25.8 Å². The quantitative estimate of drug-likeness (QED) is 0.576. The zero-order chi connectivity index (χ0) is 21.1. The van der Waals surface area contributed by atoms with Crippen molar-refractivity contribution in [3.63, 3.8) is 0 Å². The molecule has 1 aromatic heterocycles. The standard InChI is InChI=1S/C23H21FN2O4/c1-29-21-5-3-2-4-18(21)20(27)10-11-22(28)26-13-12-17-19(14-26)25-30-23(17)15-6-8-16(24)9-7-15/h2-9H,10-14H2,1H3. The number of benzene rings is 2. The van der Waals surface area contributed by atoms with E-state index in [2.05, 4.69) is 5.16 Å². The van der Waals surface area contributed by atoms with Crippen LogP contribution in [0.5, 0.6) is 5.75 Å². The van der Waals surface area contributed by atoms with E-state index < -0.39 is 0 Å². The molecule has 0 spiro atoms. The largest absolute Gasteiger partial charge is 0.496 e. The van der Waals surface area contributed by atoms with E-state index in [1.807, 2.05) is 0 Å². The van der Waals surface area contributed by atoms with Crippen LogP contribution in [0.2, 0.25) is 0 Å². The fourth-order valence-electron chi connectivity index (χ4n) is 3.66. The Morgan fingerprint density at radius 3 is 2.67 bits per heavy atom. The Bertz CT molecular complexity index is 1080. The smallest absolute Gasteiger partial charge is 0.223 e. The number of amides is 1. The third kappa shape index (κ3) is 3.96. The molecule has 6 nitrogen and oxygen atoms in total. The minimum atomic E-state index is -0.313. The summed E-state index contributed by atoms with van der Waals surface area (Å²) in [5.74, 6) is 0.581. The molecule has 2 heterocycles. The minimum Gasteiger partial charge on any atom is -0.496 e. The van der Waals surface area contributed by atoms with Crippen molar-refractivity contribution >= 4 is 11.7 Å². The van der Waals surface area contributed by atoms with E-state index in [0.29, 0.717) is 42.3 Å². The van der Waals surface area contributed by atoms with E-state index in [1.54, 1.807) is 41.3 Å². The molecule has 2 aromatic carbocycles. The van der Waals surface area contributed by atoms with Gasteiger partial charge in [0.25, 0.3) is 0 Å². The highest BCUT2D eigenvalue weighted by atomic mass is 19.1. The molecule has 1 aliphatic rings. The summed E-state index contributed by atoms with van der Waals surface area (Å²) in [5.41, 5.74) is 2.88. The number of rotatable bonds is 6. The number of fused-ring (bicyclic) bond motifs is 1. The number of aromatic nitrogens is 1. The molecule has 1 aliphatic heterocycles. The fourth-order valence-corrected chi connectivity index (χ4v) is 3.66. The molecule has 7 heteroatoms. The van der Waals surface area contributed by atoms with Gasteiger partial charge in [-0.05, 0) is 42.8 Å². The average molecular weight is 408 g/mol. The molecule has 0 fully saturated rings. The Balaban J connectivity index is 1.39. The van der Waals surface area contributed by atoms with Gasteiger partial charge < -0.3 is 14.2 Å². The number of methoxy groups -OCH3 is 1. The summed E-state index contributed by atoms with van der Waals surface area (Å²) in [7, 11) is 1.51. The van der Waals surface area contributed by atoms with E-state index in [4.69, 9.17) is 9.26 Å². The molecule has 0 atom stereocenters. The molecular formula is C23H21FN2O4. The number of hydrogen-bond acceptors (Lipinski definition) is 5. The summed E-state index contributed by atoms with van der Waals surface area (Å²) >= 11 is 0. The van der Waals surface area contributed by atoms with Gasteiger partial charge in [-0.3, -0.25) is 9.59 Å². The highest BCUT2D eigenvalue weighted by Crippen LogP contribution is 2.30. The molecule has 4 rings (SSSR count). The van der Waals surface area contributed by atoms with Crippen LogP contribution in [0.4, 0.5) is 4.39 Å². The molecule has 0 unspecified atom stereocenters. The highest BCUT2D eigenvalue weighted by molar-refractivity contribution is 6.00. The first-order valence-corrected chi connectivity index (χ1v) is 9.74. The summed E-state index contributed by atoms with van der Waals surface area (Å²) in [5, 5.41) is 4.11. The van der Waals surface area contributed by atoms with Crippen molar-refractivity contribution in [1.29, 1.82) is 0 Å². The molecule has 0 N–H and O–H groups in total. The molecule has 0 aliphatic carbocycles. The maximum absolute atomic E-state index is 13.2. The van der Waals surface area contributed by atoms with Crippen molar-refractivity contribution in [2.75, 3.05) is 13.7 Å². The summed E-state index contributed by atoms with van der Waals surface area (Å²) in [4.78, 5) is 26.8. The van der Waals surface area contributed by atoms with Crippen LogP contribution in [-0.4, -0.2) is 35.4 Å². The van der Waals surface area contributed by atoms with Gasteiger partial charge in [0.05, 0.1) is 19.2 Å². The predicted octanol–water partition coefficient (Wildman–Crippen LogP) is 4.04. The van der Waals surface area contributed by atoms with Crippen molar-refractivity contribution in [3.05, 3.63) is 71.2 Å². The lowest BCUT2D eigenvalue weighted by atomic mass is 10.00. The van der Waals surface area contributed by atoms with Gasteiger partial charge in [-0.1, -0.05) is 17.3 Å². The topological polar surface area (TPSA) is 72.6 Å². The lowest BCUT2D eigenvalue weighted by Crippen LogP contribution is -2.36. The second-order valence-electron chi connectivity index (χ2n) is 7.13. The summed E-state index contributed by atoms with van der Waals surface area (Å²) in [6, 6.07) is 13.0. The van der Waals surface area contributed by atoms with Gasteiger partial charge in [-0.25, -0.2) is 4.39 Å². The number of halogens is 1. The Morgan fingerprint density at radius 1 is 1.13 bits per heavy atom. The first-order valence-electron chi connectivity index (χ1n) is 9.74. The fraction of sp³-hybridized carbons (Fsp3) is 0.261. The molecule has 3 aromatic rings. The van der Waals surface area contributed by atoms with Crippen LogP contribution in [0.25, 0.3) is 11.3 Å². The number of carbonyl (C=O) groups is 2. The Labute approximate surface area is 173 Å². The van der Waals surface area contributed by atoms with Crippen molar-refractivity contribution in [3.8, 4) is 17.1 Å². The Kier molecular flexibility index (Phi) is 5.61. The van der Waals surface area contributed by atoms with Crippen LogP contribution in [0.1, 0.15) is 34.5 Å². The lowest BCUT2D eigenvalue weighted by molar-refractivity contribution is -0.132. The zero-order valence-electron chi connectivity index (χ0n) is 16.6. The Morgan fingerprint density at radius 2 is 1.90 bits per heavy atom. The Hall–Kier alpha value is -3.48. The van der Waals surface area contributed by atoms with E-state index in [1.165, 1.54) is 19.2 Å². The molecule has 1 amide bonds. The minimum absolute atomic E-state index is 0.102. The van der Waals surface area contributed by atoms with Crippen LogP contribution in [0, 0.1) is 5.82 Å². The molecule has 0 radical (unpaired) electrons. The van der Waals surface area contributed by atoms with E-state index >= 15 is 0 Å². The SMILES string of the molecule is COc1ccccc1C(=O)CCC(=O)N1CCc2c(noc2-c2ccc(F)cc2)C1. The summed E-state index contributed by atoms with van der Waals surface area (Å²) in [6.07, 6.45) is 0.828. The van der Waals surface area contributed by atoms with Crippen molar-refractivity contribution in [2.24, 2.45) is 0 Å². The first kappa shape index (κ1) is 19.8. The molecule has 30 heavy (non-hydrogen) atoms. The number of para-hydroxylation sites is 1. The van der Waals surface area contributed by atoms with Crippen molar-refractivity contribution < 1.29 is 23.2 Å². The molecule has 0 bridgehead atoms. The van der Waals surface area contributed by atoms with E-state index in [0.717, 1.165) is 11.1 Å². The summed E-state index contributed by atoms with van der Waals surface area (Å²) in [6.45, 7) is 0.853. The van der Waals surface area contributed by atoms with Gasteiger partial charge in [0.2, 0.25) is 5.91 Å². The van der Waals surface area contributed by atoms with Crippen LogP contribution < -0.4 is 4.74 Å². The van der Waals surface area contributed by atoms with Crippen LogP contribution >= 0.6 is 0 Å². The van der Waals surface area contributed by atoms with Crippen molar-refractivity contribution in [1.82, 2.24) is 10.1 Å². The summed E-state index contributed by atoms with van der Waals surface area (Å²) < 4.78 is 23.9. The monoisotopic (exact) mass is 408 g/mol. The van der Waals surface area contributed by atoms with E-state index in [9.17, 15) is 14.0 Å². The molecule has 0 saturated carbocycles. The number of carbonyl (C=O) groups excluding carboxylic acids is 2.